The molecule has 0 radical (unpaired) electrons. The lowest BCUT2D eigenvalue weighted by atomic mass is 9.99. The van der Waals surface area contributed by atoms with Crippen LogP contribution in [0.15, 0.2) is 12.2 Å². The first-order chi connectivity index (χ1) is 10.7. The van der Waals surface area contributed by atoms with Crippen molar-refractivity contribution in [2.75, 3.05) is 6.54 Å². The molecule has 6 heteroatoms. The van der Waals surface area contributed by atoms with Crippen LogP contribution in [-0.4, -0.2) is 36.1 Å². The van der Waals surface area contributed by atoms with Crippen LogP contribution in [0.3, 0.4) is 0 Å². The van der Waals surface area contributed by atoms with Gasteiger partial charge >= 0.3 is 11.9 Å². The van der Waals surface area contributed by atoms with Gasteiger partial charge in [-0.05, 0) is 40.5 Å². The number of ether oxygens (including phenoxy) is 2. The van der Waals surface area contributed by atoms with Crippen LogP contribution >= 0.6 is 0 Å². The number of nitrogens with one attached hydrogen (secondary N) is 1. The molecule has 1 amide bonds. The lowest BCUT2D eigenvalue weighted by molar-refractivity contribution is -0.157. The second-order valence-electron chi connectivity index (χ2n) is 6.78. The highest BCUT2D eigenvalue weighted by Gasteiger charge is 2.25. The summed E-state index contributed by atoms with van der Waals surface area (Å²) in [5.74, 6) is -1.38. The molecule has 1 heterocycles. The Labute approximate surface area is 137 Å². The minimum absolute atomic E-state index is 0.0294. The maximum absolute atomic E-state index is 12.3. The van der Waals surface area contributed by atoms with E-state index in [2.05, 4.69) is 5.32 Å². The summed E-state index contributed by atoms with van der Waals surface area (Å²) in [6, 6.07) is 0. The first-order valence-corrected chi connectivity index (χ1v) is 8.01. The normalized spacial score (nSPS) is 25.4. The molecule has 0 unspecified atom stereocenters. The van der Waals surface area contributed by atoms with Gasteiger partial charge in [0.2, 0.25) is 5.91 Å². The highest BCUT2D eigenvalue weighted by atomic mass is 16.6. The number of hydrogen-bond donors (Lipinski definition) is 1. The third-order valence-corrected chi connectivity index (χ3v) is 3.20. The fourth-order valence-corrected chi connectivity index (χ4v) is 2.16. The molecule has 1 rings (SSSR count). The summed E-state index contributed by atoms with van der Waals surface area (Å²) in [5.41, 5.74) is -0.572. The largest absolute Gasteiger partial charge is 0.461 e. The summed E-state index contributed by atoms with van der Waals surface area (Å²) in [7, 11) is 0. The average Bonchev–Trinajstić information content (AvgIpc) is 2.40. The Bertz CT molecular complexity index is 464. The van der Waals surface area contributed by atoms with E-state index in [0.717, 1.165) is 0 Å². The molecule has 0 bridgehead atoms. The zero-order valence-electron chi connectivity index (χ0n) is 14.4. The minimum Gasteiger partial charge on any atom is -0.461 e. The molecule has 0 saturated heterocycles. The molecular weight excluding hydrogens is 298 g/mol. The van der Waals surface area contributed by atoms with Crippen LogP contribution in [0.2, 0.25) is 0 Å². The van der Waals surface area contributed by atoms with Crippen LogP contribution < -0.4 is 5.32 Å². The first-order valence-electron chi connectivity index (χ1n) is 8.01. The molecule has 0 fully saturated rings. The van der Waals surface area contributed by atoms with E-state index < -0.39 is 23.6 Å². The van der Waals surface area contributed by atoms with E-state index in [1.807, 2.05) is 12.2 Å². The van der Waals surface area contributed by atoms with Crippen molar-refractivity contribution in [1.29, 1.82) is 0 Å². The number of cyclic esters (lactones) is 1. The van der Waals surface area contributed by atoms with Crippen LogP contribution in [0, 0.1) is 5.92 Å². The SMILES string of the molecule is C[C@@H]1CNC(=O)[C@H](CC(=O)OC(C)(C)C)C/C=C\CCC(=O)O1. The summed E-state index contributed by atoms with van der Waals surface area (Å²) in [6.07, 6.45) is 4.61. The summed E-state index contributed by atoms with van der Waals surface area (Å²) < 4.78 is 10.5. The zero-order chi connectivity index (χ0) is 17.5. The van der Waals surface area contributed by atoms with Crippen LogP contribution in [0.1, 0.15) is 53.4 Å². The molecule has 6 nitrogen and oxygen atoms in total. The predicted molar refractivity (Wildman–Crippen MR) is 85.5 cm³/mol. The summed E-state index contributed by atoms with van der Waals surface area (Å²) in [6.45, 7) is 7.34. The van der Waals surface area contributed by atoms with E-state index in [-0.39, 0.29) is 24.8 Å². The van der Waals surface area contributed by atoms with Gasteiger partial charge in [0, 0.05) is 6.42 Å². The lowest BCUT2D eigenvalue weighted by Gasteiger charge is -2.22. The molecule has 0 aromatic carbocycles. The Morgan fingerprint density at radius 2 is 2.04 bits per heavy atom. The van der Waals surface area contributed by atoms with Crippen molar-refractivity contribution in [2.45, 2.75) is 65.1 Å². The molecule has 0 aromatic rings. The molecule has 1 aliphatic heterocycles. The molecule has 0 aromatic heterocycles. The van der Waals surface area contributed by atoms with Gasteiger partial charge in [-0.15, -0.1) is 0 Å². The van der Waals surface area contributed by atoms with E-state index in [1.165, 1.54) is 0 Å². The number of carbonyl (C=O) groups excluding carboxylic acids is 3. The van der Waals surface area contributed by atoms with Gasteiger partial charge in [-0.25, -0.2) is 0 Å². The van der Waals surface area contributed by atoms with Crippen molar-refractivity contribution in [3.63, 3.8) is 0 Å². The zero-order valence-corrected chi connectivity index (χ0v) is 14.4. The number of hydrogen-bond acceptors (Lipinski definition) is 5. The maximum Gasteiger partial charge on any atom is 0.307 e. The molecule has 0 aliphatic carbocycles. The van der Waals surface area contributed by atoms with Crippen molar-refractivity contribution in [3.05, 3.63) is 12.2 Å². The van der Waals surface area contributed by atoms with Crippen LogP contribution in [0.25, 0.3) is 0 Å². The highest BCUT2D eigenvalue weighted by Crippen LogP contribution is 2.16. The van der Waals surface area contributed by atoms with Gasteiger partial charge in [0.1, 0.15) is 11.7 Å². The van der Waals surface area contributed by atoms with Gasteiger partial charge in [0.05, 0.1) is 18.9 Å². The number of allylic oxidation sites excluding steroid dienone is 2. The monoisotopic (exact) mass is 325 g/mol. The molecular formula is C17H27NO5. The quantitative estimate of drug-likeness (QED) is 0.621. The van der Waals surface area contributed by atoms with Crippen LogP contribution in [0.5, 0.6) is 0 Å². The van der Waals surface area contributed by atoms with E-state index >= 15 is 0 Å². The third kappa shape index (κ3) is 8.38. The van der Waals surface area contributed by atoms with Gasteiger partial charge < -0.3 is 14.8 Å². The van der Waals surface area contributed by atoms with Crippen molar-refractivity contribution in [3.8, 4) is 0 Å². The number of amides is 1. The highest BCUT2D eigenvalue weighted by molar-refractivity contribution is 5.84. The second-order valence-corrected chi connectivity index (χ2v) is 6.78. The van der Waals surface area contributed by atoms with E-state index in [0.29, 0.717) is 19.3 Å². The lowest BCUT2D eigenvalue weighted by Crippen LogP contribution is -2.38. The summed E-state index contributed by atoms with van der Waals surface area (Å²) in [4.78, 5) is 35.7. The fraction of sp³-hybridized carbons (Fsp3) is 0.706. The van der Waals surface area contributed by atoms with Gasteiger partial charge in [-0.3, -0.25) is 14.4 Å². The molecule has 1 N–H and O–H groups in total. The third-order valence-electron chi connectivity index (χ3n) is 3.20. The maximum atomic E-state index is 12.3. The van der Waals surface area contributed by atoms with Gasteiger partial charge in [0.25, 0.3) is 0 Å². The van der Waals surface area contributed by atoms with Crippen LogP contribution in [0.4, 0.5) is 0 Å². The molecule has 0 saturated carbocycles. The molecule has 2 atom stereocenters. The Morgan fingerprint density at radius 1 is 1.35 bits per heavy atom. The number of esters is 2. The van der Waals surface area contributed by atoms with Gasteiger partial charge in [-0.1, -0.05) is 12.2 Å². The predicted octanol–water partition coefficient (Wildman–Crippen LogP) is 2.12. The van der Waals surface area contributed by atoms with Crippen molar-refractivity contribution in [2.24, 2.45) is 5.92 Å². The molecule has 1 aliphatic rings. The second kappa shape index (κ2) is 8.70. The average molecular weight is 325 g/mol. The van der Waals surface area contributed by atoms with Crippen molar-refractivity contribution < 1.29 is 23.9 Å². The Balaban J connectivity index is 2.71. The van der Waals surface area contributed by atoms with Gasteiger partial charge in [0.15, 0.2) is 0 Å². The van der Waals surface area contributed by atoms with Gasteiger partial charge in [-0.2, -0.15) is 0 Å². The van der Waals surface area contributed by atoms with E-state index in [1.54, 1.807) is 27.7 Å². The Kier molecular flexibility index (Phi) is 7.26. The summed E-state index contributed by atoms with van der Waals surface area (Å²) >= 11 is 0. The number of carbonyl (C=O) groups is 3. The standard InChI is InChI=1S/C17H27NO5/c1-12-11-18-16(21)13(10-15(20)23-17(2,3)4)8-6-5-7-9-14(19)22-12/h5-6,12-13H,7-11H2,1-4H3,(H,18,21)/b6-5-/t12-,13+/m1/s1. The van der Waals surface area contributed by atoms with Crippen molar-refractivity contribution in [1.82, 2.24) is 5.32 Å². The Hall–Kier alpha value is -1.85. The molecule has 0 spiro atoms. The van der Waals surface area contributed by atoms with Crippen molar-refractivity contribution >= 4 is 17.8 Å². The van der Waals surface area contributed by atoms with E-state index in [4.69, 9.17) is 9.47 Å². The smallest absolute Gasteiger partial charge is 0.307 e. The fourth-order valence-electron chi connectivity index (χ4n) is 2.16. The molecule has 130 valence electrons. The van der Waals surface area contributed by atoms with Crippen LogP contribution in [-0.2, 0) is 23.9 Å². The first kappa shape index (κ1) is 19.2. The summed E-state index contributed by atoms with van der Waals surface area (Å²) in [5, 5.41) is 2.73. The minimum atomic E-state index is -0.572. The van der Waals surface area contributed by atoms with E-state index in [9.17, 15) is 14.4 Å². The Morgan fingerprint density at radius 3 is 2.70 bits per heavy atom. The topological polar surface area (TPSA) is 81.7 Å². The number of rotatable bonds is 2. The molecule has 23 heavy (non-hydrogen) atoms.